The molecule has 4 aliphatic heterocycles. The van der Waals surface area contributed by atoms with E-state index in [0.29, 0.717) is 24.9 Å². The predicted octanol–water partition coefficient (Wildman–Crippen LogP) is 4.91. The van der Waals surface area contributed by atoms with Gasteiger partial charge in [-0.25, -0.2) is 0 Å². The first-order chi connectivity index (χ1) is 13.9. The molecule has 5 atom stereocenters. The van der Waals surface area contributed by atoms with Crippen molar-refractivity contribution in [3.8, 4) is 0 Å². The fourth-order valence-corrected chi connectivity index (χ4v) is 6.60. The zero-order valence-electron chi connectivity index (χ0n) is 19.7. The molecule has 170 valence electrons. The number of fused-ring (bicyclic) bond motifs is 2. The quantitative estimate of drug-likeness (QED) is 0.655. The van der Waals surface area contributed by atoms with E-state index in [2.05, 4.69) is 27.7 Å². The Morgan fingerprint density at radius 3 is 2.37 bits per heavy atom. The summed E-state index contributed by atoms with van der Waals surface area (Å²) in [5.41, 5.74) is 0.944. The van der Waals surface area contributed by atoms with Gasteiger partial charge in [0.25, 0.3) is 0 Å². The van der Waals surface area contributed by atoms with Crippen LogP contribution in [0.1, 0.15) is 92.9 Å². The van der Waals surface area contributed by atoms with Crippen molar-refractivity contribution >= 4 is 6.29 Å². The number of ether oxygens (including phenoxy) is 3. The number of aliphatic hydroxyl groups is 1. The Morgan fingerprint density at radius 1 is 1.03 bits per heavy atom. The average molecular weight is 421 g/mol. The van der Waals surface area contributed by atoms with Gasteiger partial charge in [0.1, 0.15) is 17.5 Å². The Hall–Kier alpha value is -0.750. The van der Waals surface area contributed by atoms with Crippen LogP contribution in [0.4, 0.5) is 0 Å². The molecule has 4 saturated heterocycles. The van der Waals surface area contributed by atoms with Crippen molar-refractivity contribution in [2.45, 2.75) is 116 Å². The second kappa shape index (κ2) is 7.13. The van der Waals surface area contributed by atoms with Crippen molar-refractivity contribution in [3.63, 3.8) is 0 Å². The van der Waals surface area contributed by atoms with E-state index in [1.165, 1.54) is 5.57 Å². The van der Waals surface area contributed by atoms with Gasteiger partial charge in [0, 0.05) is 12.8 Å². The van der Waals surface area contributed by atoms with E-state index in [-0.39, 0.29) is 5.41 Å². The van der Waals surface area contributed by atoms with Crippen LogP contribution in [0.25, 0.3) is 0 Å². The molecule has 0 aromatic heterocycles. The first kappa shape index (κ1) is 22.4. The Morgan fingerprint density at radius 2 is 1.77 bits per heavy atom. The molecule has 30 heavy (non-hydrogen) atoms. The van der Waals surface area contributed by atoms with Gasteiger partial charge >= 0.3 is 0 Å². The monoisotopic (exact) mass is 420 g/mol. The summed E-state index contributed by atoms with van der Waals surface area (Å²) in [5, 5.41) is 11.1. The van der Waals surface area contributed by atoms with Crippen LogP contribution in [0.2, 0.25) is 0 Å². The van der Waals surface area contributed by atoms with Crippen LogP contribution in [0, 0.1) is 17.3 Å². The van der Waals surface area contributed by atoms with Crippen LogP contribution < -0.4 is 0 Å². The molecule has 5 rings (SSSR count). The fourth-order valence-electron chi connectivity index (χ4n) is 6.60. The molecule has 0 amide bonds. The highest BCUT2D eigenvalue weighted by Gasteiger charge is 2.71. The Labute approximate surface area is 181 Å². The third-order valence-corrected chi connectivity index (χ3v) is 9.02. The number of hydrogen-bond acceptors (Lipinski definition) is 5. The largest absolute Gasteiger partial charge is 0.363 e. The third kappa shape index (κ3) is 3.23. The molecule has 1 N–H and O–H groups in total. The maximum Gasteiger partial charge on any atom is 0.200 e. The summed E-state index contributed by atoms with van der Waals surface area (Å²) in [5.74, 6) is -1.13. The zero-order valence-corrected chi connectivity index (χ0v) is 19.7. The third-order valence-electron chi connectivity index (χ3n) is 9.02. The van der Waals surface area contributed by atoms with Crippen LogP contribution >= 0.6 is 0 Å². The van der Waals surface area contributed by atoms with Crippen LogP contribution in [-0.4, -0.2) is 40.8 Å². The smallest absolute Gasteiger partial charge is 0.200 e. The van der Waals surface area contributed by atoms with Gasteiger partial charge in [-0.05, 0) is 89.0 Å². The van der Waals surface area contributed by atoms with Gasteiger partial charge < -0.3 is 19.3 Å². The van der Waals surface area contributed by atoms with E-state index in [9.17, 15) is 9.90 Å². The van der Waals surface area contributed by atoms with E-state index < -0.39 is 22.8 Å². The van der Waals surface area contributed by atoms with Crippen molar-refractivity contribution in [1.82, 2.24) is 0 Å². The first-order valence-electron chi connectivity index (χ1n) is 11.8. The summed E-state index contributed by atoms with van der Waals surface area (Å²) in [6.07, 6.45) is 8.57. The minimum Gasteiger partial charge on any atom is -0.363 e. The molecular formula is C25H40O5. The lowest BCUT2D eigenvalue weighted by Crippen LogP contribution is -2.78. The van der Waals surface area contributed by atoms with Crippen LogP contribution in [0.15, 0.2) is 11.1 Å². The number of rotatable bonds is 4. The van der Waals surface area contributed by atoms with Gasteiger partial charge in [0.2, 0.25) is 5.79 Å². The summed E-state index contributed by atoms with van der Waals surface area (Å²) in [4.78, 5) is 11.6. The normalized spacial score (nSPS) is 45.0. The molecule has 0 aromatic carbocycles. The maximum atomic E-state index is 11.6. The lowest BCUT2D eigenvalue weighted by atomic mass is 9.64. The number of allylic oxidation sites excluding steroid dienone is 2. The van der Waals surface area contributed by atoms with Crippen molar-refractivity contribution in [3.05, 3.63) is 11.1 Å². The Balaban J connectivity index is 1.38. The fraction of sp³-hybridized carbons (Fsp3) is 0.880. The average Bonchev–Trinajstić information content (AvgIpc) is 2.65. The molecular weight excluding hydrogens is 380 g/mol. The summed E-state index contributed by atoms with van der Waals surface area (Å²) in [6, 6.07) is 0. The SMILES string of the molecule is CC1=C(C=O)C(C)(C)[C@H](CC[C@H]2CC[C@]3(OC2)O[C@@]2(O)CC[C@]3(C)OC2(C)C)CC1. The number of hydrogen-bond donors (Lipinski definition) is 1. The van der Waals surface area contributed by atoms with Crippen LogP contribution in [0.5, 0.6) is 0 Å². The molecule has 0 unspecified atom stereocenters. The van der Waals surface area contributed by atoms with Gasteiger partial charge in [0.05, 0.1) is 6.61 Å². The Kier molecular flexibility index (Phi) is 5.33. The van der Waals surface area contributed by atoms with Crippen LogP contribution in [-0.2, 0) is 19.0 Å². The summed E-state index contributed by atoms with van der Waals surface area (Å²) in [6.45, 7) is 13.1. The molecule has 1 spiro atoms. The first-order valence-corrected chi connectivity index (χ1v) is 11.8. The van der Waals surface area contributed by atoms with Crippen molar-refractivity contribution in [2.75, 3.05) is 6.61 Å². The topological polar surface area (TPSA) is 65.0 Å². The molecule has 1 aliphatic carbocycles. The number of carbonyl (C=O) groups excluding carboxylic acids is 1. The molecule has 2 bridgehead atoms. The van der Waals surface area contributed by atoms with Gasteiger partial charge in [-0.1, -0.05) is 19.4 Å². The molecule has 0 aromatic rings. The number of carbonyl (C=O) groups is 1. The zero-order chi connectivity index (χ0) is 22.0. The van der Waals surface area contributed by atoms with E-state index in [0.717, 1.165) is 56.8 Å². The highest BCUT2D eigenvalue weighted by molar-refractivity contribution is 5.77. The molecule has 0 saturated carbocycles. The standard InChI is InChI=1S/C25H40O5/c1-17-7-9-19(21(2,3)20(17)15-26)10-8-18-11-12-25(28-16-18)23(6)13-14-24(27,30-25)22(4,5)29-23/h15,18-19,27H,7-14,16H2,1-6H3/t18-,19-,23-,24-,25-/m0/s1. The van der Waals surface area contributed by atoms with Gasteiger partial charge in [0.15, 0.2) is 5.79 Å². The molecule has 4 heterocycles. The molecule has 5 heteroatoms. The van der Waals surface area contributed by atoms with E-state index in [4.69, 9.17) is 14.2 Å². The molecule has 5 aliphatic rings. The summed E-state index contributed by atoms with van der Waals surface area (Å²) in [7, 11) is 0. The summed E-state index contributed by atoms with van der Waals surface area (Å²) >= 11 is 0. The minimum absolute atomic E-state index is 0.0529. The second-order valence-corrected chi connectivity index (χ2v) is 11.5. The molecule has 4 fully saturated rings. The van der Waals surface area contributed by atoms with Crippen LogP contribution in [0.3, 0.4) is 0 Å². The predicted molar refractivity (Wildman–Crippen MR) is 115 cm³/mol. The summed E-state index contributed by atoms with van der Waals surface area (Å²) < 4.78 is 19.1. The Bertz CT molecular complexity index is 730. The van der Waals surface area contributed by atoms with Crippen molar-refractivity contribution < 1.29 is 24.1 Å². The molecule has 5 nitrogen and oxygen atoms in total. The minimum atomic E-state index is -1.29. The van der Waals surface area contributed by atoms with Gasteiger partial charge in [-0.15, -0.1) is 0 Å². The number of aldehydes is 1. The second-order valence-electron chi connectivity index (χ2n) is 11.5. The lowest BCUT2D eigenvalue weighted by Gasteiger charge is -2.66. The lowest BCUT2D eigenvalue weighted by molar-refractivity contribution is -0.522. The van der Waals surface area contributed by atoms with Gasteiger partial charge in [-0.3, -0.25) is 4.79 Å². The molecule has 0 radical (unpaired) electrons. The van der Waals surface area contributed by atoms with Gasteiger partial charge in [-0.2, -0.15) is 0 Å². The van der Waals surface area contributed by atoms with Crippen molar-refractivity contribution in [1.29, 1.82) is 0 Å². The maximum absolute atomic E-state index is 11.6. The van der Waals surface area contributed by atoms with E-state index >= 15 is 0 Å². The highest BCUT2D eigenvalue weighted by atomic mass is 16.8. The highest BCUT2D eigenvalue weighted by Crippen LogP contribution is 2.59. The van der Waals surface area contributed by atoms with E-state index in [1.54, 1.807) is 0 Å². The van der Waals surface area contributed by atoms with E-state index in [1.807, 2.05) is 13.8 Å². The van der Waals surface area contributed by atoms with Crippen molar-refractivity contribution in [2.24, 2.45) is 17.3 Å².